The lowest BCUT2D eigenvalue weighted by molar-refractivity contribution is -0.660. The first-order valence-electron chi connectivity index (χ1n) is 10.8. The van der Waals surface area contributed by atoms with E-state index in [1.54, 1.807) is 61.1 Å². The molecule has 3 heteroatoms. The van der Waals surface area contributed by atoms with Gasteiger partial charge in [0.25, 0.3) is 0 Å². The van der Waals surface area contributed by atoms with E-state index in [9.17, 15) is 0 Å². The van der Waals surface area contributed by atoms with Gasteiger partial charge in [0.1, 0.15) is 18.2 Å². The van der Waals surface area contributed by atoms with Crippen molar-refractivity contribution < 1.29 is 17.2 Å². The molecule has 3 nitrogen and oxygen atoms in total. The van der Waals surface area contributed by atoms with E-state index >= 15 is 0 Å². The fraction of sp³-hybridized carbons (Fsp3) is 0.182. The summed E-state index contributed by atoms with van der Waals surface area (Å²) in [6.45, 7) is 4.63. The van der Waals surface area contributed by atoms with Crippen LogP contribution in [0.3, 0.4) is 0 Å². The second-order valence-electron chi connectivity index (χ2n) is 6.10. The molecule has 2 aromatic carbocycles. The Balaban J connectivity index is 2.16. The number of benzene rings is 2. The standard InChI is InChI=1S/C22H19N2O/c1-13-9-10-18(24(5)12-13)20-15(3)11-14(2)19-16-7-6-8-17(23-4)21(16)25-22(19)20/h6-12H,1-3,5H3/q+1/i1D3,2D3. The third kappa shape index (κ3) is 2.22. The Morgan fingerprint density at radius 2 is 2.00 bits per heavy atom. The summed E-state index contributed by atoms with van der Waals surface area (Å²) in [6.07, 6.45) is 1.54. The van der Waals surface area contributed by atoms with Gasteiger partial charge in [0, 0.05) is 30.6 Å². The maximum Gasteiger partial charge on any atom is 0.229 e. The van der Waals surface area contributed by atoms with Crippen LogP contribution in [0.25, 0.3) is 38.0 Å². The number of fused-ring (bicyclic) bond motifs is 3. The normalized spacial score (nSPS) is 15.7. The molecule has 4 aromatic rings. The van der Waals surface area contributed by atoms with Gasteiger partial charge < -0.3 is 4.42 Å². The van der Waals surface area contributed by atoms with Crippen molar-refractivity contribution in [2.45, 2.75) is 20.6 Å². The lowest BCUT2D eigenvalue weighted by Crippen LogP contribution is -2.31. The van der Waals surface area contributed by atoms with E-state index in [-0.39, 0.29) is 11.1 Å². The van der Waals surface area contributed by atoms with Crippen LogP contribution in [0.1, 0.15) is 24.9 Å². The quantitative estimate of drug-likeness (QED) is 0.330. The average molecular weight is 333 g/mol. The predicted molar refractivity (Wildman–Crippen MR) is 101 cm³/mol. The molecule has 2 aromatic heterocycles. The Labute approximate surface area is 155 Å². The maximum atomic E-state index is 8.04. The van der Waals surface area contributed by atoms with Crippen LogP contribution in [-0.4, -0.2) is 0 Å². The van der Waals surface area contributed by atoms with Crippen molar-refractivity contribution >= 4 is 27.6 Å². The topological polar surface area (TPSA) is 21.4 Å². The molecule has 0 aliphatic carbocycles. The first kappa shape index (κ1) is 10.0. The third-order valence-electron chi connectivity index (χ3n) is 4.46. The van der Waals surface area contributed by atoms with Gasteiger partial charge in [-0.15, -0.1) is 0 Å². The van der Waals surface area contributed by atoms with E-state index in [1.165, 1.54) is 0 Å². The number of hydrogen-bond acceptors (Lipinski definition) is 1. The lowest BCUT2D eigenvalue weighted by atomic mass is 9.96. The van der Waals surface area contributed by atoms with Crippen LogP contribution in [0, 0.1) is 27.2 Å². The van der Waals surface area contributed by atoms with E-state index in [4.69, 9.17) is 19.2 Å². The molecule has 0 fully saturated rings. The number of hydrogen-bond donors (Lipinski definition) is 0. The van der Waals surface area contributed by atoms with Gasteiger partial charge in [0.2, 0.25) is 11.4 Å². The molecule has 4 rings (SSSR count). The van der Waals surface area contributed by atoms with Gasteiger partial charge in [-0.25, -0.2) is 9.41 Å². The molecular formula is C22H19N2O+. The minimum absolute atomic E-state index is 0.159. The molecule has 0 saturated heterocycles. The van der Waals surface area contributed by atoms with Crippen molar-refractivity contribution in [1.29, 1.82) is 0 Å². The van der Waals surface area contributed by atoms with Gasteiger partial charge in [-0.3, -0.25) is 0 Å². The zero-order valence-corrected chi connectivity index (χ0v) is 13.8. The maximum absolute atomic E-state index is 8.04. The van der Waals surface area contributed by atoms with E-state index < -0.39 is 13.7 Å². The van der Waals surface area contributed by atoms with Crippen LogP contribution < -0.4 is 4.57 Å². The van der Waals surface area contributed by atoms with Crippen molar-refractivity contribution in [3.8, 4) is 11.3 Å². The predicted octanol–water partition coefficient (Wildman–Crippen LogP) is 5.55. The lowest BCUT2D eigenvalue weighted by Gasteiger charge is -2.08. The highest BCUT2D eigenvalue weighted by Gasteiger charge is 2.22. The van der Waals surface area contributed by atoms with Crippen molar-refractivity contribution in [3.63, 3.8) is 0 Å². The Morgan fingerprint density at radius 3 is 2.72 bits per heavy atom. The number of nitrogens with zero attached hydrogens (tertiary/aromatic N) is 2. The van der Waals surface area contributed by atoms with Crippen LogP contribution >= 0.6 is 0 Å². The van der Waals surface area contributed by atoms with Crippen molar-refractivity contribution in [3.05, 3.63) is 70.7 Å². The van der Waals surface area contributed by atoms with Crippen molar-refractivity contribution in [2.75, 3.05) is 0 Å². The fourth-order valence-electron chi connectivity index (χ4n) is 3.36. The van der Waals surface area contributed by atoms with E-state index in [1.807, 2.05) is 0 Å². The molecular weight excluding hydrogens is 308 g/mol. The molecule has 0 radical (unpaired) electrons. The molecule has 0 atom stereocenters. The second-order valence-corrected chi connectivity index (χ2v) is 6.10. The number of pyridine rings is 1. The molecule has 0 unspecified atom stereocenters. The molecule has 0 bridgehead atoms. The van der Waals surface area contributed by atoms with Gasteiger partial charge in [-0.1, -0.05) is 24.3 Å². The van der Waals surface area contributed by atoms with Crippen LogP contribution in [0.15, 0.2) is 47.0 Å². The Morgan fingerprint density at radius 1 is 1.12 bits per heavy atom. The Bertz CT molecular complexity index is 1390. The van der Waals surface area contributed by atoms with Crippen molar-refractivity contribution in [1.82, 2.24) is 0 Å². The molecule has 0 aliphatic heterocycles. The van der Waals surface area contributed by atoms with E-state index in [0.717, 1.165) is 0 Å². The molecule has 0 N–H and O–H groups in total. The number of para-hydroxylation sites is 1. The van der Waals surface area contributed by atoms with Crippen molar-refractivity contribution in [2.24, 2.45) is 7.05 Å². The SMILES string of the molecule is [2H]C([2H])([2H])c1ccc(-c2c(C)cc(C([2H])([2H])[2H])c3c2oc2c([N+]#[C-])cccc23)[n+](C)c1. The van der Waals surface area contributed by atoms with Gasteiger partial charge >= 0.3 is 0 Å². The zero-order chi connectivity index (χ0) is 22.7. The van der Waals surface area contributed by atoms with Crippen LogP contribution in [0.5, 0.6) is 0 Å². The Hall–Kier alpha value is -3.12. The summed E-state index contributed by atoms with van der Waals surface area (Å²) in [5.41, 5.74) is 3.39. The molecule has 0 saturated carbocycles. The largest absolute Gasteiger partial charge is 0.466 e. The second kappa shape index (κ2) is 5.46. The summed E-state index contributed by atoms with van der Waals surface area (Å²) in [5.74, 6) is 0. The zero-order valence-electron chi connectivity index (χ0n) is 19.8. The number of aryl methyl sites for hydroxylation is 4. The average Bonchev–Trinajstić information content (AvgIpc) is 3.05. The first-order valence-corrected chi connectivity index (χ1v) is 7.81. The number of furan rings is 1. The van der Waals surface area contributed by atoms with Crippen LogP contribution in [0.4, 0.5) is 5.69 Å². The number of aromatic nitrogens is 1. The summed E-state index contributed by atoms with van der Waals surface area (Å²) >= 11 is 0. The fourth-order valence-corrected chi connectivity index (χ4v) is 3.36. The molecule has 0 aliphatic rings. The van der Waals surface area contributed by atoms with Crippen LogP contribution in [-0.2, 0) is 7.05 Å². The minimum Gasteiger partial charge on any atom is -0.466 e. The van der Waals surface area contributed by atoms with Gasteiger partial charge in [-0.05, 0) is 37.8 Å². The monoisotopic (exact) mass is 333 g/mol. The highest BCUT2D eigenvalue weighted by atomic mass is 16.3. The minimum atomic E-state index is -2.38. The molecule has 0 spiro atoms. The summed E-state index contributed by atoms with van der Waals surface area (Å²) < 4.78 is 54.9. The summed E-state index contributed by atoms with van der Waals surface area (Å²) in [4.78, 5) is 3.51. The smallest absolute Gasteiger partial charge is 0.229 e. The highest BCUT2D eigenvalue weighted by Crippen LogP contribution is 2.41. The highest BCUT2D eigenvalue weighted by molar-refractivity contribution is 6.14. The third-order valence-corrected chi connectivity index (χ3v) is 4.46. The molecule has 122 valence electrons. The van der Waals surface area contributed by atoms with Crippen LogP contribution in [0.2, 0.25) is 0 Å². The number of rotatable bonds is 1. The molecule has 2 heterocycles. The van der Waals surface area contributed by atoms with E-state index in [0.29, 0.717) is 44.4 Å². The Kier molecular flexibility index (Phi) is 2.18. The molecule has 0 amide bonds. The molecule has 25 heavy (non-hydrogen) atoms. The summed E-state index contributed by atoms with van der Waals surface area (Å²) in [6, 6.07) is 9.95. The van der Waals surface area contributed by atoms with Gasteiger partial charge in [-0.2, -0.15) is 0 Å². The van der Waals surface area contributed by atoms with Gasteiger partial charge in [0.05, 0.1) is 12.1 Å². The summed E-state index contributed by atoms with van der Waals surface area (Å²) in [5, 5.41) is 1.01. The first-order chi connectivity index (χ1) is 14.4. The van der Waals surface area contributed by atoms with Gasteiger partial charge in [0.15, 0.2) is 6.20 Å². The van der Waals surface area contributed by atoms with E-state index in [2.05, 4.69) is 4.85 Å². The summed E-state index contributed by atoms with van der Waals surface area (Å²) in [7, 11) is 1.74.